The van der Waals surface area contributed by atoms with Crippen LogP contribution >= 0.6 is 0 Å². The van der Waals surface area contributed by atoms with E-state index in [0.29, 0.717) is 11.3 Å². The first kappa shape index (κ1) is 50.6. The van der Waals surface area contributed by atoms with Gasteiger partial charge in [-0.15, -0.1) is 0 Å². The maximum Gasteiger partial charge on any atom is 0.410 e. The normalized spacial score (nSPS) is 15.8. The van der Waals surface area contributed by atoms with Gasteiger partial charge in [0.1, 0.15) is 29.5 Å². The van der Waals surface area contributed by atoms with Gasteiger partial charge in [0.05, 0.1) is 6.54 Å². The van der Waals surface area contributed by atoms with Gasteiger partial charge in [-0.2, -0.15) is 0 Å². The van der Waals surface area contributed by atoms with Crippen LogP contribution in [0.5, 0.6) is 0 Å². The summed E-state index contributed by atoms with van der Waals surface area (Å²) in [5.41, 5.74) is 2.91. The number of anilines is 1. The van der Waals surface area contributed by atoms with Crippen LogP contribution in [0.15, 0.2) is 72.8 Å². The van der Waals surface area contributed by atoms with Crippen LogP contribution in [0.3, 0.4) is 0 Å². The number of carboxylic acid groups (broad SMARTS) is 1. The number of nitrogens with one attached hydrogen (secondary N) is 2. The van der Waals surface area contributed by atoms with Gasteiger partial charge in [-0.25, -0.2) is 24.0 Å². The number of carbonyl (C=O) groups excluding carboxylic acids is 5. The average Bonchev–Trinajstić information content (AvgIpc) is 3.52. The lowest BCUT2D eigenvalue weighted by Gasteiger charge is -2.35. The Morgan fingerprint density at radius 2 is 1.02 bits per heavy atom. The van der Waals surface area contributed by atoms with Crippen LogP contribution in [0, 0.1) is 0 Å². The van der Waals surface area contributed by atoms with Gasteiger partial charge in [0.15, 0.2) is 0 Å². The number of alkyl carbamates (subject to hydrolysis) is 1. The maximum atomic E-state index is 13.6. The van der Waals surface area contributed by atoms with E-state index in [-0.39, 0.29) is 83.8 Å². The van der Waals surface area contributed by atoms with E-state index in [1.807, 2.05) is 53.4 Å². The molecule has 0 aromatic heterocycles. The SMILES string of the molecule is CC(C)(C)OC(=O)N1CCN(CC(=O)Nc2ccc(C[C@H](NC(=O)OCC3c4ccccc4-c4ccccc43)C(=O)O)cc2)CCN(C(=O)OC(C)(C)C)CCN(C(=O)OC(C)(C)C)CC1. The highest BCUT2D eigenvalue weighted by molar-refractivity contribution is 5.92. The monoisotopic (exact) mass is 914 g/mol. The van der Waals surface area contributed by atoms with Gasteiger partial charge in [0, 0.05) is 70.4 Å². The van der Waals surface area contributed by atoms with Gasteiger partial charge in [-0.3, -0.25) is 9.69 Å². The lowest BCUT2D eigenvalue weighted by molar-refractivity contribution is -0.139. The van der Waals surface area contributed by atoms with E-state index in [1.54, 1.807) is 86.6 Å². The van der Waals surface area contributed by atoms with Gasteiger partial charge >= 0.3 is 30.3 Å². The summed E-state index contributed by atoms with van der Waals surface area (Å²) in [7, 11) is 0. The number of carboxylic acids is 1. The molecule has 1 aliphatic carbocycles. The number of hydrogen-bond donors (Lipinski definition) is 3. The highest BCUT2D eigenvalue weighted by Gasteiger charge is 2.32. The van der Waals surface area contributed by atoms with Gasteiger partial charge in [-0.05, 0) is 102 Å². The Hall–Kier alpha value is -6.36. The number of amides is 5. The summed E-state index contributed by atoms with van der Waals surface area (Å²) < 4.78 is 22.7. The Labute approximate surface area is 387 Å². The summed E-state index contributed by atoms with van der Waals surface area (Å²) in [5, 5.41) is 15.4. The lowest BCUT2D eigenvalue weighted by atomic mass is 9.98. The molecule has 1 fully saturated rings. The fourth-order valence-electron chi connectivity index (χ4n) is 7.49. The summed E-state index contributed by atoms with van der Waals surface area (Å²) in [4.78, 5) is 85.3. The number of fused-ring (bicyclic) bond motifs is 3. The van der Waals surface area contributed by atoms with E-state index in [4.69, 9.17) is 18.9 Å². The molecular weight excluding hydrogens is 849 g/mol. The van der Waals surface area contributed by atoms with E-state index in [1.165, 1.54) is 14.7 Å². The van der Waals surface area contributed by atoms with E-state index in [0.717, 1.165) is 22.3 Å². The van der Waals surface area contributed by atoms with E-state index < -0.39 is 53.2 Å². The Morgan fingerprint density at radius 3 is 1.42 bits per heavy atom. The number of aliphatic carboxylic acids is 1. The zero-order valence-electron chi connectivity index (χ0n) is 39.7. The molecule has 3 N–H and O–H groups in total. The molecule has 5 amide bonds. The van der Waals surface area contributed by atoms with Crippen LogP contribution in [0.2, 0.25) is 0 Å². The molecule has 3 aromatic rings. The molecule has 0 unspecified atom stereocenters. The van der Waals surface area contributed by atoms with Crippen molar-refractivity contribution in [3.8, 4) is 11.1 Å². The molecular formula is C49H66N6O11. The minimum absolute atomic E-state index is 0.0383. The molecule has 3 aromatic carbocycles. The molecule has 0 saturated carbocycles. The summed E-state index contributed by atoms with van der Waals surface area (Å²) >= 11 is 0. The number of hydrogen-bond acceptors (Lipinski definition) is 11. The molecule has 0 spiro atoms. The Morgan fingerprint density at radius 1 is 0.606 bits per heavy atom. The Balaban J connectivity index is 1.22. The quantitative estimate of drug-likeness (QED) is 0.183. The van der Waals surface area contributed by atoms with Crippen molar-refractivity contribution in [3.63, 3.8) is 0 Å². The number of carbonyl (C=O) groups is 6. The fourth-order valence-corrected chi connectivity index (χ4v) is 7.49. The van der Waals surface area contributed by atoms with Crippen molar-refractivity contribution >= 4 is 41.9 Å². The molecule has 358 valence electrons. The van der Waals surface area contributed by atoms with Crippen molar-refractivity contribution in [1.82, 2.24) is 24.9 Å². The number of rotatable bonds is 9. The van der Waals surface area contributed by atoms with Crippen LogP contribution in [-0.4, -0.2) is 149 Å². The van der Waals surface area contributed by atoms with Crippen LogP contribution in [-0.2, 0) is 35.0 Å². The Bertz CT molecular complexity index is 2110. The Kier molecular flexibility index (Phi) is 16.7. The predicted molar refractivity (Wildman–Crippen MR) is 248 cm³/mol. The van der Waals surface area contributed by atoms with Crippen LogP contribution in [0.4, 0.5) is 24.9 Å². The van der Waals surface area contributed by atoms with E-state index in [2.05, 4.69) is 10.6 Å². The second-order valence-electron chi connectivity index (χ2n) is 19.5. The zero-order valence-corrected chi connectivity index (χ0v) is 39.7. The molecule has 1 aliphatic heterocycles. The fraction of sp³-hybridized carbons (Fsp3) is 0.510. The summed E-state index contributed by atoms with van der Waals surface area (Å²) in [5.74, 6) is -1.79. The molecule has 66 heavy (non-hydrogen) atoms. The molecule has 2 aliphatic rings. The van der Waals surface area contributed by atoms with Crippen LogP contribution in [0.25, 0.3) is 11.1 Å². The highest BCUT2D eigenvalue weighted by atomic mass is 16.6. The minimum Gasteiger partial charge on any atom is -0.480 e. The second-order valence-corrected chi connectivity index (χ2v) is 19.5. The predicted octanol–water partition coefficient (Wildman–Crippen LogP) is 7.19. The van der Waals surface area contributed by atoms with Gasteiger partial charge < -0.3 is 49.4 Å². The second kappa shape index (κ2) is 21.8. The van der Waals surface area contributed by atoms with Crippen molar-refractivity contribution in [1.29, 1.82) is 0 Å². The third-order valence-corrected chi connectivity index (χ3v) is 10.6. The van der Waals surface area contributed by atoms with Crippen molar-refractivity contribution in [2.24, 2.45) is 0 Å². The number of ether oxygens (including phenoxy) is 4. The topological polar surface area (TPSA) is 197 Å². The van der Waals surface area contributed by atoms with Crippen LogP contribution in [0.1, 0.15) is 84.9 Å². The first-order chi connectivity index (χ1) is 30.9. The summed E-state index contributed by atoms with van der Waals surface area (Å²) in [6, 6.07) is 21.2. The first-order valence-corrected chi connectivity index (χ1v) is 22.3. The lowest BCUT2D eigenvalue weighted by Crippen LogP contribution is -2.52. The van der Waals surface area contributed by atoms with Crippen molar-refractivity contribution in [3.05, 3.63) is 89.5 Å². The third-order valence-electron chi connectivity index (χ3n) is 10.6. The van der Waals surface area contributed by atoms with Crippen molar-refractivity contribution in [2.45, 2.75) is 97.5 Å². The third kappa shape index (κ3) is 15.4. The van der Waals surface area contributed by atoms with Gasteiger partial charge in [0.25, 0.3) is 0 Å². The number of benzene rings is 3. The molecule has 0 radical (unpaired) electrons. The molecule has 1 atom stereocenters. The average molecular weight is 915 g/mol. The van der Waals surface area contributed by atoms with E-state index in [9.17, 15) is 33.9 Å². The smallest absolute Gasteiger partial charge is 0.410 e. The van der Waals surface area contributed by atoms with Gasteiger partial charge in [-0.1, -0.05) is 60.7 Å². The molecule has 17 nitrogen and oxygen atoms in total. The van der Waals surface area contributed by atoms with Crippen molar-refractivity contribution < 1.29 is 52.8 Å². The van der Waals surface area contributed by atoms with Crippen molar-refractivity contribution in [2.75, 3.05) is 70.8 Å². The largest absolute Gasteiger partial charge is 0.480 e. The summed E-state index contributed by atoms with van der Waals surface area (Å²) in [6.45, 7) is 16.8. The van der Waals surface area contributed by atoms with Crippen LogP contribution < -0.4 is 10.6 Å². The zero-order chi connectivity index (χ0) is 48.4. The minimum atomic E-state index is -1.28. The molecule has 0 bridgehead atoms. The molecule has 17 heteroatoms. The van der Waals surface area contributed by atoms with Gasteiger partial charge in [0.2, 0.25) is 5.91 Å². The highest BCUT2D eigenvalue weighted by Crippen LogP contribution is 2.44. The van der Waals surface area contributed by atoms with E-state index >= 15 is 0 Å². The molecule has 1 heterocycles. The summed E-state index contributed by atoms with van der Waals surface area (Å²) in [6.07, 6.45) is -2.64. The maximum absolute atomic E-state index is 13.6. The molecule has 1 saturated heterocycles. The standard InChI is InChI=1S/C49H66N6O11/c1-47(2,3)64-44(60)53-24-22-52(23-25-54(45(61)65-48(4,5)6)27-29-55(28-26-53)46(62)66-49(7,8)9)31-41(56)50-34-20-18-33(19-21-34)30-40(42(57)58)51-43(59)63-32-39-37-16-12-10-14-35(37)36-15-11-13-17-38(36)39/h10-21,39-40H,22-32H2,1-9H3,(H,50,56)(H,51,59)(H,57,58)/t40-/m0/s1. The number of nitrogens with zero attached hydrogens (tertiary/aromatic N) is 4. The first-order valence-electron chi connectivity index (χ1n) is 22.3. The molecule has 5 rings (SSSR count).